The van der Waals surface area contributed by atoms with Crippen molar-refractivity contribution in [2.45, 2.75) is 123 Å². The summed E-state index contributed by atoms with van der Waals surface area (Å²) >= 11 is 4.26. The van der Waals surface area contributed by atoms with Crippen LogP contribution in [0.3, 0.4) is 0 Å². The first-order valence-corrected chi connectivity index (χ1v) is 14.9. The van der Waals surface area contributed by atoms with Crippen molar-refractivity contribution in [2.75, 3.05) is 0 Å². The maximum atomic E-state index is 13.8. The second-order valence-corrected chi connectivity index (χ2v) is 16.6. The molecule has 34 heavy (non-hydrogen) atoms. The average molecular weight is 534 g/mol. The third-order valence-corrected chi connectivity index (χ3v) is 14.8. The van der Waals surface area contributed by atoms with Crippen LogP contribution in [0.25, 0.3) is 0 Å². The third-order valence-electron chi connectivity index (χ3n) is 13.8. The van der Waals surface area contributed by atoms with Gasteiger partial charge in [-0.05, 0) is 85.9 Å². The molecule has 3 nitrogen and oxygen atoms in total. The van der Waals surface area contributed by atoms with Crippen LogP contribution in [0.1, 0.15) is 113 Å². The molecule has 6 rings (SSSR count). The minimum Gasteiger partial charge on any atom is -0.457 e. The standard InChI is InChI=1S/C30H45BrO3/c1-24(2)12-14-29-15-13-28(7)27(6)11-8-18-25(3,4)22(32)9-10-26(18,5)19(27)16-21(31)30(28,20(29)17-24)34-23(29)33/h18-21H,8-17H2,1-7H3/t18-,19+,20+,21-,26-,27+,28-,29-,30+/m0/s1. The molecule has 5 saturated carbocycles. The van der Waals surface area contributed by atoms with E-state index in [4.69, 9.17) is 4.74 Å². The van der Waals surface area contributed by atoms with Gasteiger partial charge in [-0.15, -0.1) is 0 Å². The Bertz CT molecular complexity index is 970. The molecule has 6 fully saturated rings. The summed E-state index contributed by atoms with van der Waals surface area (Å²) in [5.74, 6) is 1.87. The first-order valence-electron chi connectivity index (χ1n) is 14.0. The van der Waals surface area contributed by atoms with E-state index in [1.165, 1.54) is 0 Å². The van der Waals surface area contributed by atoms with Crippen molar-refractivity contribution in [2.24, 2.45) is 50.2 Å². The van der Waals surface area contributed by atoms with Crippen LogP contribution in [-0.2, 0) is 14.3 Å². The van der Waals surface area contributed by atoms with Gasteiger partial charge >= 0.3 is 5.97 Å². The Morgan fingerprint density at radius 2 is 1.50 bits per heavy atom. The normalized spacial score (nSPS) is 57.1. The lowest BCUT2D eigenvalue weighted by atomic mass is 9.31. The van der Waals surface area contributed by atoms with Gasteiger partial charge in [0.25, 0.3) is 0 Å². The van der Waals surface area contributed by atoms with Crippen molar-refractivity contribution in [3.63, 3.8) is 0 Å². The zero-order chi connectivity index (χ0) is 24.7. The predicted octanol–water partition coefficient (Wildman–Crippen LogP) is 7.49. The number of ketones is 1. The van der Waals surface area contributed by atoms with Gasteiger partial charge in [0.15, 0.2) is 0 Å². The van der Waals surface area contributed by atoms with Gasteiger partial charge in [0.2, 0.25) is 0 Å². The lowest BCUT2D eigenvalue weighted by Gasteiger charge is -2.74. The minimum atomic E-state index is -0.408. The Morgan fingerprint density at radius 1 is 0.824 bits per heavy atom. The topological polar surface area (TPSA) is 43.4 Å². The van der Waals surface area contributed by atoms with Crippen molar-refractivity contribution >= 4 is 27.7 Å². The monoisotopic (exact) mass is 532 g/mol. The second kappa shape index (κ2) is 6.54. The fraction of sp³-hybridized carbons (Fsp3) is 0.933. The van der Waals surface area contributed by atoms with Gasteiger partial charge < -0.3 is 4.74 Å². The summed E-state index contributed by atoms with van der Waals surface area (Å²) in [7, 11) is 0. The van der Waals surface area contributed by atoms with Crippen LogP contribution < -0.4 is 0 Å². The smallest absolute Gasteiger partial charge is 0.313 e. The van der Waals surface area contributed by atoms with Crippen LogP contribution in [0, 0.1) is 50.2 Å². The number of hydrogen-bond donors (Lipinski definition) is 0. The predicted molar refractivity (Wildman–Crippen MR) is 138 cm³/mol. The van der Waals surface area contributed by atoms with E-state index in [0.717, 1.165) is 64.2 Å². The molecule has 0 amide bonds. The van der Waals surface area contributed by atoms with Crippen molar-refractivity contribution in [1.29, 1.82) is 0 Å². The Kier molecular flexibility index (Phi) is 4.61. The zero-order valence-corrected chi connectivity index (χ0v) is 24.1. The Hall–Kier alpha value is -0.380. The van der Waals surface area contributed by atoms with Crippen LogP contribution in [0.15, 0.2) is 0 Å². The van der Waals surface area contributed by atoms with Gasteiger partial charge in [0, 0.05) is 23.2 Å². The van der Waals surface area contributed by atoms with Crippen molar-refractivity contribution in [3.8, 4) is 0 Å². The highest BCUT2D eigenvalue weighted by atomic mass is 79.9. The Balaban J connectivity index is 1.50. The minimum absolute atomic E-state index is 0.0512. The quantitative estimate of drug-likeness (QED) is 0.239. The number of esters is 1. The third kappa shape index (κ3) is 2.38. The number of carbonyl (C=O) groups is 2. The summed E-state index contributed by atoms with van der Waals surface area (Å²) in [6.07, 6.45) is 10.4. The Morgan fingerprint density at radius 3 is 2.21 bits per heavy atom. The molecule has 4 heteroatoms. The number of rotatable bonds is 0. The summed E-state index contributed by atoms with van der Waals surface area (Å²) in [5, 5.41) is 0. The molecule has 5 aliphatic carbocycles. The summed E-state index contributed by atoms with van der Waals surface area (Å²) in [5.41, 5.74) is -0.429. The van der Waals surface area contributed by atoms with Gasteiger partial charge in [-0.1, -0.05) is 64.4 Å². The maximum absolute atomic E-state index is 13.8. The van der Waals surface area contributed by atoms with Crippen molar-refractivity contribution < 1.29 is 14.3 Å². The van der Waals surface area contributed by atoms with E-state index in [0.29, 0.717) is 23.5 Å². The van der Waals surface area contributed by atoms with E-state index in [1.807, 2.05) is 0 Å². The van der Waals surface area contributed by atoms with Crippen LogP contribution in [0.4, 0.5) is 0 Å². The van der Waals surface area contributed by atoms with E-state index in [9.17, 15) is 9.59 Å². The van der Waals surface area contributed by atoms with Crippen molar-refractivity contribution in [1.82, 2.24) is 0 Å². The molecule has 1 heterocycles. The fourth-order valence-corrected chi connectivity index (χ4v) is 12.9. The summed E-state index contributed by atoms with van der Waals surface area (Å²) in [4.78, 5) is 26.9. The van der Waals surface area contributed by atoms with Crippen LogP contribution >= 0.6 is 15.9 Å². The van der Waals surface area contributed by atoms with Crippen LogP contribution in [0.2, 0.25) is 0 Å². The molecule has 2 bridgehead atoms. The summed E-state index contributed by atoms with van der Waals surface area (Å²) in [6.45, 7) is 16.8. The largest absolute Gasteiger partial charge is 0.457 e. The lowest BCUT2D eigenvalue weighted by Crippen LogP contribution is -2.75. The van der Waals surface area contributed by atoms with Gasteiger partial charge in [-0.25, -0.2) is 0 Å². The molecule has 0 radical (unpaired) electrons. The highest BCUT2D eigenvalue weighted by Crippen LogP contribution is 2.81. The molecule has 190 valence electrons. The fourth-order valence-electron chi connectivity index (χ4n) is 11.6. The molecule has 1 spiro atoms. The number of carbonyl (C=O) groups excluding carboxylic acids is 2. The Labute approximate surface area is 215 Å². The maximum Gasteiger partial charge on any atom is 0.313 e. The van der Waals surface area contributed by atoms with Gasteiger partial charge in [-0.3, -0.25) is 9.59 Å². The van der Waals surface area contributed by atoms with Crippen LogP contribution in [0.5, 0.6) is 0 Å². The van der Waals surface area contributed by atoms with Gasteiger partial charge in [-0.2, -0.15) is 0 Å². The molecule has 1 aliphatic heterocycles. The lowest BCUT2D eigenvalue weighted by molar-refractivity contribution is -0.274. The molecule has 0 N–H and O–H groups in total. The van der Waals surface area contributed by atoms with Gasteiger partial charge in [0.1, 0.15) is 11.4 Å². The molecule has 6 aliphatic rings. The second-order valence-electron chi connectivity index (χ2n) is 15.5. The SMILES string of the molecule is CC1(C)CC[C@@]23CC[C@]4(C)[C@@](OC2=O)([C@@H]3C1)[C@@H](Br)C[C@@H]1[C@@]2(C)CCC(=O)C(C)(C)[C@@H]2CC[C@]14C. The molecule has 0 unspecified atom stereocenters. The first-order chi connectivity index (χ1) is 15.6. The first kappa shape index (κ1) is 24.0. The number of halogens is 1. The highest BCUT2D eigenvalue weighted by Gasteiger charge is 2.83. The number of alkyl halides is 1. The van der Waals surface area contributed by atoms with E-state index >= 15 is 0 Å². The van der Waals surface area contributed by atoms with E-state index < -0.39 is 5.60 Å². The van der Waals surface area contributed by atoms with E-state index in [-0.39, 0.29) is 43.3 Å². The number of fused-ring (bicyclic) bond motifs is 4. The number of Topliss-reactive ketones (excluding diaryl/α,β-unsaturated/α-hetero) is 1. The van der Waals surface area contributed by atoms with Gasteiger partial charge in [0.05, 0.1) is 10.2 Å². The van der Waals surface area contributed by atoms with E-state index in [1.54, 1.807) is 0 Å². The molecule has 0 aromatic heterocycles. The van der Waals surface area contributed by atoms with Crippen LogP contribution in [-0.4, -0.2) is 22.2 Å². The van der Waals surface area contributed by atoms with E-state index in [2.05, 4.69) is 64.4 Å². The molecular formula is C30H45BrO3. The summed E-state index contributed by atoms with van der Waals surface area (Å²) < 4.78 is 6.82. The highest BCUT2D eigenvalue weighted by molar-refractivity contribution is 9.09. The molecule has 0 aromatic carbocycles. The molecule has 9 atom stereocenters. The molecule has 0 aromatic rings. The number of hydrogen-bond acceptors (Lipinski definition) is 3. The van der Waals surface area contributed by atoms with Crippen molar-refractivity contribution in [3.05, 3.63) is 0 Å². The molecule has 1 saturated heterocycles. The molecular weight excluding hydrogens is 488 g/mol. The number of ether oxygens (including phenoxy) is 1. The zero-order valence-electron chi connectivity index (χ0n) is 22.5. The average Bonchev–Trinajstić information content (AvgIpc) is 2.93. The summed E-state index contributed by atoms with van der Waals surface area (Å²) in [6, 6.07) is 0.